The molecule has 0 radical (unpaired) electrons. The lowest BCUT2D eigenvalue weighted by Crippen LogP contribution is -2.63. The quantitative estimate of drug-likeness (QED) is 0.0733. The van der Waals surface area contributed by atoms with E-state index >= 15 is 0 Å². The van der Waals surface area contributed by atoms with Crippen LogP contribution in [0.25, 0.3) is 6.08 Å². The maximum Gasteiger partial charge on any atom is 0.407 e. The first kappa shape index (κ1) is 31.2. The highest BCUT2D eigenvalue weighted by Gasteiger charge is 2.42. The summed E-state index contributed by atoms with van der Waals surface area (Å²) in [6.07, 6.45) is 4.28. The van der Waals surface area contributed by atoms with E-state index in [9.17, 15) is 9.59 Å². The summed E-state index contributed by atoms with van der Waals surface area (Å²) in [5.74, 6) is -0.160. The Kier molecular flexibility index (Phi) is 13.4. The van der Waals surface area contributed by atoms with Gasteiger partial charge in [0, 0.05) is 19.1 Å². The van der Waals surface area contributed by atoms with Crippen LogP contribution in [-0.2, 0) is 23.2 Å². The zero-order chi connectivity index (χ0) is 28.5. The summed E-state index contributed by atoms with van der Waals surface area (Å²) in [7, 11) is -2.95. The SMILES string of the molecule is C=CCCO[Si](OCCOC(=O)C(=C)C)(c1ccccc1)c1ccccc1.C=Cc1ccc(OC(C)=O)cc1. The topological polar surface area (TPSA) is 71.1 Å². The lowest BCUT2D eigenvalue weighted by atomic mass is 10.2. The molecule has 0 aromatic heterocycles. The van der Waals surface area contributed by atoms with Crippen LogP contribution in [0.3, 0.4) is 0 Å². The third-order valence-electron chi connectivity index (χ3n) is 5.28. The summed E-state index contributed by atoms with van der Waals surface area (Å²) in [6.45, 7) is 14.9. The van der Waals surface area contributed by atoms with Gasteiger partial charge in [0.05, 0.1) is 6.61 Å². The molecule has 0 unspecified atom stereocenters. The minimum Gasteiger partial charge on any atom is -0.460 e. The molecular weight excluding hydrogens is 508 g/mol. The molecule has 0 saturated carbocycles. The van der Waals surface area contributed by atoms with Gasteiger partial charge in [0.2, 0.25) is 0 Å². The Morgan fingerprint density at radius 1 is 0.769 bits per heavy atom. The summed E-state index contributed by atoms with van der Waals surface area (Å²) < 4.78 is 22.8. The second-order valence-electron chi connectivity index (χ2n) is 8.41. The fraction of sp³-hybridized carbons (Fsp3) is 0.188. The van der Waals surface area contributed by atoms with E-state index in [0.29, 0.717) is 17.9 Å². The van der Waals surface area contributed by atoms with Crippen LogP contribution in [0.15, 0.2) is 116 Å². The average Bonchev–Trinajstić information content (AvgIpc) is 2.95. The Hall–Kier alpha value is -4.04. The minimum absolute atomic E-state index is 0.144. The smallest absolute Gasteiger partial charge is 0.407 e. The van der Waals surface area contributed by atoms with E-state index in [0.717, 1.165) is 22.4 Å². The molecule has 0 fully saturated rings. The summed E-state index contributed by atoms with van der Waals surface area (Å²) in [4.78, 5) is 22.1. The number of esters is 2. The molecular formula is C32H36O6Si. The average molecular weight is 545 g/mol. The highest BCUT2D eigenvalue weighted by atomic mass is 28.4. The van der Waals surface area contributed by atoms with Crippen LogP contribution in [0.2, 0.25) is 0 Å². The van der Waals surface area contributed by atoms with E-state index in [1.807, 2.05) is 78.9 Å². The van der Waals surface area contributed by atoms with Gasteiger partial charge in [-0.2, -0.15) is 0 Å². The second kappa shape index (κ2) is 16.7. The highest BCUT2D eigenvalue weighted by Crippen LogP contribution is 2.13. The Bertz CT molecular complexity index is 1170. The predicted octanol–water partition coefficient (Wildman–Crippen LogP) is 5.23. The maximum absolute atomic E-state index is 11.6. The highest BCUT2D eigenvalue weighted by molar-refractivity contribution is 6.92. The van der Waals surface area contributed by atoms with Gasteiger partial charge < -0.3 is 18.3 Å². The second-order valence-corrected chi connectivity index (χ2v) is 11.4. The van der Waals surface area contributed by atoms with E-state index in [1.54, 1.807) is 25.1 Å². The number of hydrogen-bond acceptors (Lipinski definition) is 6. The molecule has 0 N–H and O–H groups in total. The third-order valence-corrected chi connectivity index (χ3v) is 8.69. The van der Waals surface area contributed by atoms with Gasteiger partial charge in [-0.25, -0.2) is 4.79 Å². The van der Waals surface area contributed by atoms with Crippen LogP contribution in [0.5, 0.6) is 5.75 Å². The largest absolute Gasteiger partial charge is 0.460 e. The van der Waals surface area contributed by atoms with Gasteiger partial charge in [-0.3, -0.25) is 4.79 Å². The molecule has 0 aliphatic rings. The number of benzene rings is 3. The molecule has 3 aromatic carbocycles. The monoisotopic (exact) mass is 544 g/mol. The van der Waals surface area contributed by atoms with Crippen LogP contribution < -0.4 is 15.1 Å². The van der Waals surface area contributed by atoms with Crippen molar-refractivity contribution in [2.24, 2.45) is 0 Å². The summed E-state index contributed by atoms with van der Waals surface area (Å²) in [5.41, 5.74) is 1.37. The van der Waals surface area contributed by atoms with E-state index in [4.69, 9.17) is 18.3 Å². The van der Waals surface area contributed by atoms with Gasteiger partial charge >= 0.3 is 20.5 Å². The normalized spacial score (nSPS) is 10.4. The molecule has 0 aliphatic carbocycles. The predicted molar refractivity (Wildman–Crippen MR) is 158 cm³/mol. The zero-order valence-electron chi connectivity index (χ0n) is 22.6. The number of carbonyl (C=O) groups is 2. The van der Waals surface area contributed by atoms with Crippen molar-refractivity contribution in [2.75, 3.05) is 19.8 Å². The Labute approximate surface area is 232 Å². The third kappa shape index (κ3) is 10.3. The fourth-order valence-electron chi connectivity index (χ4n) is 3.42. The van der Waals surface area contributed by atoms with Crippen LogP contribution in [-0.4, -0.2) is 40.3 Å². The van der Waals surface area contributed by atoms with Crippen LogP contribution >= 0.6 is 0 Å². The van der Waals surface area contributed by atoms with Gasteiger partial charge in [-0.05, 0) is 41.4 Å². The van der Waals surface area contributed by atoms with Gasteiger partial charge in [0.1, 0.15) is 12.4 Å². The Morgan fingerprint density at radius 2 is 1.31 bits per heavy atom. The molecule has 0 saturated heterocycles. The number of hydrogen-bond donors (Lipinski definition) is 0. The minimum atomic E-state index is -2.95. The van der Waals surface area contributed by atoms with Crippen molar-refractivity contribution >= 4 is 36.9 Å². The molecule has 0 aliphatic heterocycles. The van der Waals surface area contributed by atoms with Gasteiger partial charge in [0.15, 0.2) is 0 Å². The van der Waals surface area contributed by atoms with Crippen molar-refractivity contribution in [1.82, 2.24) is 0 Å². The van der Waals surface area contributed by atoms with Crippen LogP contribution in [0.4, 0.5) is 0 Å². The van der Waals surface area contributed by atoms with E-state index in [1.165, 1.54) is 6.92 Å². The van der Waals surface area contributed by atoms with Gasteiger partial charge in [-0.1, -0.05) is 98.1 Å². The molecule has 0 spiro atoms. The first-order chi connectivity index (χ1) is 18.8. The van der Waals surface area contributed by atoms with Crippen LogP contribution in [0.1, 0.15) is 25.8 Å². The standard InChI is InChI=1S/C22H26O4Si.C10H10O2/c1-4-5-16-25-27(20-12-8-6-9-13-20,21-14-10-7-11-15-21)26-18-17-24-22(23)19(2)3;1-3-9-4-6-10(7-5-9)12-8(2)11/h4,6-15H,1-2,5,16-18H2,3H3;3-7H,1H2,2H3. The van der Waals surface area contributed by atoms with Crippen molar-refractivity contribution in [3.63, 3.8) is 0 Å². The fourth-order valence-corrected chi connectivity index (χ4v) is 6.55. The van der Waals surface area contributed by atoms with Crippen molar-refractivity contribution in [1.29, 1.82) is 0 Å². The van der Waals surface area contributed by atoms with E-state index < -0.39 is 14.5 Å². The summed E-state index contributed by atoms with van der Waals surface area (Å²) in [6, 6.07) is 27.1. The molecule has 39 heavy (non-hydrogen) atoms. The lowest BCUT2D eigenvalue weighted by molar-refractivity contribution is -0.139. The van der Waals surface area contributed by atoms with Crippen LogP contribution in [0, 0.1) is 0 Å². The molecule has 3 aromatic rings. The summed E-state index contributed by atoms with van der Waals surface area (Å²) >= 11 is 0. The van der Waals surface area contributed by atoms with Gasteiger partial charge in [0.25, 0.3) is 0 Å². The Morgan fingerprint density at radius 3 is 1.77 bits per heavy atom. The molecule has 0 amide bonds. The zero-order valence-corrected chi connectivity index (χ0v) is 23.6. The van der Waals surface area contributed by atoms with Gasteiger partial charge in [-0.15, -0.1) is 6.58 Å². The molecule has 6 nitrogen and oxygen atoms in total. The molecule has 204 valence electrons. The Balaban J connectivity index is 0.000000370. The summed E-state index contributed by atoms with van der Waals surface area (Å²) in [5, 5.41) is 2.01. The number of carbonyl (C=O) groups excluding carboxylic acids is 2. The first-order valence-electron chi connectivity index (χ1n) is 12.6. The van der Waals surface area contributed by atoms with Crippen molar-refractivity contribution in [3.05, 3.63) is 122 Å². The molecule has 0 heterocycles. The number of ether oxygens (including phenoxy) is 2. The molecule has 3 rings (SSSR count). The molecule has 0 bridgehead atoms. The molecule has 0 atom stereocenters. The van der Waals surface area contributed by atoms with Crippen molar-refractivity contribution in [2.45, 2.75) is 20.3 Å². The lowest BCUT2D eigenvalue weighted by Gasteiger charge is -2.31. The maximum atomic E-state index is 11.6. The first-order valence-corrected chi connectivity index (χ1v) is 14.4. The van der Waals surface area contributed by atoms with Crippen molar-refractivity contribution < 1.29 is 27.9 Å². The van der Waals surface area contributed by atoms with E-state index in [2.05, 4.69) is 19.7 Å². The number of rotatable bonds is 13. The van der Waals surface area contributed by atoms with E-state index in [-0.39, 0.29) is 19.2 Å². The van der Waals surface area contributed by atoms with Crippen molar-refractivity contribution in [3.8, 4) is 5.75 Å². The molecule has 7 heteroatoms.